The fourth-order valence-electron chi connectivity index (χ4n) is 0.842. The normalized spacial score (nSPS) is 9.83. The van der Waals surface area contributed by atoms with Gasteiger partial charge in [0.25, 0.3) is 0 Å². The number of carbonyl (C=O) groups is 1. The molecular formula is C8H8ClNO2. The number of ketones is 1. The molecule has 3 N–H and O–H groups in total. The van der Waals surface area contributed by atoms with Crippen LogP contribution in [-0.2, 0) is 0 Å². The molecule has 4 heteroatoms. The first-order chi connectivity index (χ1) is 5.65. The molecule has 1 aromatic rings. The van der Waals surface area contributed by atoms with Crippen LogP contribution in [0, 0.1) is 0 Å². The van der Waals surface area contributed by atoms with E-state index in [1.165, 1.54) is 18.2 Å². The van der Waals surface area contributed by atoms with E-state index in [1.807, 2.05) is 0 Å². The highest BCUT2D eigenvalue weighted by atomic mass is 35.5. The number of aromatic hydroxyl groups is 1. The molecule has 0 saturated carbocycles. The van der Waals surface area contributed by atoms with Gasteiger partial charge in [0.2, 0.25) is 0 Å². The Labute approximate surface area is 74.8 Å². The third kappa shape index (κ3) is 1.75. The Morgan fingerprint density at radius 3 is 2.83 bits per heavy atom. The van der Waals surface area contributed by atoms with Gasteiger partial charge in [-0.2, -0.15) is 0 Å². The fourth-order valence-corrected chi connectivity index (χ4v) is 1.01. The lowest BCUT2D eigenvalue weighted by Crippen LogP contribution is -2.13. The fraction of sp³-hybridized carbons (Fsp3) is 0.125. The van der Waals surface area contributed by atoms with Crippen molar-refractivity contribution < 1.29 is 9.90 Å². The molecule has 0 fully saturated rings. The van der Waals surface area contributed by atoms with Crippen LogP contribution in [0.25, 0.3) is 0 Å². The van der Waals surface area contributed by atoms with Gasteiger partial charge in [0.05, 0.1) is 12.1 Å². The van der Waals surface area contributed by atoms with E-state index >= 15 is 0 Å². The standard InChI is InChI=1S/C8H8ClNO2/c9-5-1-2-7(11)6(3-5)8(12)4-10/h1-3,11H,4,10H2. The van der Waals surface area contributed by atoms with Crippen LogP contribution in [0.5, 0.6) is 5.75 Å². The largest absolute Gasteiger partial charge is 0.507 e. The Balaban J connectivity index is 3.13. The zero-order chi connectivity index (χ0) is 9.14. The van der Waals surface area contributed by atoms with Crippen molar-refractivity contribution in [3.63, 3.8) is 0 Å². The molecule has 0 saturated heterocycles. The predicted molar refractivity (Wildman–Crippen MR) is 46.5 cm³/mol. The van der Waals surface area contributed by atoms with Crippen molar-refractivity contribution in [1.29, 1.82) is 0 Å². The summed E-state index contributed by atoms with van der Waals surface area (Å²) in [7, 11) is 0. The van der Waals surface area contributed by atoms with Gasteiger partial charge in [-0.25, -0.2) is 0 Å². The topological polar surface area (TPSA) is 63.3 Å². The number of phenols is 1. The molecule has 0 amide bonds. The maximum absolute atomic E-state index is 11.0. The van der Waals surface area contributed by atoms with Crippen LogP contribution in [0.4, 0.5) is 0 Å². The number of phenolic OH excluding ortho intramolecular Hbond substituents is 1. The van der Waals surface area contributed by atoms with Gasteiger partial charge in [-0.15, -0.1) is 0 Å². The van der Waals surface area contributed by atoms with E-state index in [9.17, 15) is 9.90 Å². The van der Waals surface area contributed by atoms with Gasteiger partial charge < -0.3 is 10.8 Å². The number of rotatable bonds is 2. The molecule has 0 atom stereocenters. The highest BCUT2D eigenvalue weighted by Crippen LogP contribution is 2.21. The quantitative estimate of drug-likeness (QED) is 0.681. The maximum Gasteiger partial charge on any atom is 0.180 e. The molecule has 1 rings (SSSR count). The molecule has 0 bridgehead atoms. The van der Waals surface area contributed by atoms with Crippen molar-refractivity contribution in [3.05, 3.63) is 28.8 Å². The zero-order valence-electron chi connectivity index (χ0n) is 6.25. The van der Waals surface area contributed by atoms with E-state index in [2.05, 4.69) is 0 Å². The molecule has 0 aromatic heterocycles. The molecule has 0 aliphatic heterocycles. The van der Waals surface area contributed by atoms with Crippen LogP contribution in [0.3, 0.4) is 0 Å². The smallest absolute Gasteiger partial charge is 0.180 e. The first-order valence-corrected chi connectivity index (χ1v) is 3.74. The van der Waals surface area contributed by atoms with E-state index in [4.69, 9.17) is 17.3 Å². The summed E-state index contributed by atoms with van der Waals surface area (Å²) in [5.74, 6) is -0.412. The minimum atomic E-state index is -0.324. The Kier molecular flexibility index (Phi) is 2.68. The van der Waals surface area contributed by atoms with E-state index in [0.29, 0.717) is 5.02 Å². The van der Waals surface area contributed by atoms with Gasteiger partial charge in [-0.3, -0.25) is 4.79 Å². The summed E-state index contributed by atoms with van der Waals surface area (Å²) in [5, 5.41) is 9.61. The Morgan fingerprint density at radius 2 is 2.25 bits per heavy atom. The zero-order valence-corrected chi connectivity index (χ0v) is 7.01. The number of nitrogens with two attached hydrogens (primary N) is 1. The molecule has 64 valence electrons. The highest BCUT2D eigenvalue weighted by molar-refractivity contribution is 6.31. The lowest BCUT2D eigenvalue weighted by molar-refractivity contribution is 0.0999. The number of hydrogen-bond donors (Lipinski definition) is 2. The Hall–Kier alpha value is -1.06. The average Bonchev–Trinajstić information content (AvgIpc) is 2.08. The van der Waals surface area contributed by atoms with Crippen molar-refractivity contribution in [1.82, 2.24) is 0 Å². The summed E-state index contributed by atoms with van der Waals surface area (Å²) in [4.78, 5) is 11.0. The number of halogens is 1. The number of hydrogen-bond acceptors (Lipinski definition) is 3. The van der Waals surface area contributed by atoms with Gasteiger partial charge in [-0.05, 0) is 18.2 Å². The van der Waals surface area contributed by atoms with Crippen molar-refractivity contribution in [2.24, 2.45) is 5.73 Å². The third-order valence-corrected chi connectivity index (χ3v) is 1.68. The molecular weight excluding hydrogens is 178 g/mol. The summed E-state index contributed by atoms with van der Waals surface area (Å²) < 4.78 is 0. The summed E-state index contributed by atoms with van der Waals surface area (Å²) in [6.45, 7) is -0.131. The molecule has 0 spiro atoms. The van der Waals surface area contributed by atoms with Crippen molar-refractivity contribution in [3.8, 4) is 5.75 Å². The number of Topliss-reactive ketones (excluding diaryl/α,β-unsaturated/α-hetero) is 1. The van der Waals surface area contributed by atoms with Crippen LogP contribution in [0.2, 0.25) is 5.02 Å². The number of carbonyl (C=O) groups excluding carboxylic acids is 1. The van der Waals surface area contributed by atoms with E-state index in [-0.39, 0.29) is 23.6 Å². The first kappa shape index (κ1) is 9.03. The summed E-state index contributed by atoms with van der Waals surface area (Å²) in [5.41, 5.74) is 5.29. The predicted octanol–water partition coefficient (Wildman–Crippen LogP) is 1.19. The molecule has 0 heterocycles. The van der Waals surface area contributed by atoms with Crippen LogP contribution in [0.15, 0.2) is 18.2 Å². The molecule has 0 aliphatic carbocycles. The third-order valence-electron chi connectivity index (χ3n) is 1.44. The molecule has 0 radical (unpaired) electrons. The van der Waals surface area contributed by atoms with Gasteiger partial charge in [-0.1, -0.05) is 11.6 Å². The van der Waals surface area contributed by atoms with Crippen molar-refractivity contribution in [2.45, 2.75) is 0 Å². The highest BCUT2D eigenvalue weighted by Gasteiger charge is 2.08. The minimum absolute atomic E-state index is 0.0881. The summed E-state index contributed by atoms with van der Waals surface area (Å²) in [6.07, 6.45) is 0. The SMILES string of the molecule is NCC(=O)c1cc(Cl)ccc1O. The molecule has 3 nitrogen and oxygen atoms in total. The van der Waals surface area contributed by atoms with E-state index in [1.54, 1.807) is 0 Å². The van der Waals surface area contributed by atoms with Crippen LogP contribution in [0.1, 0.15) is 10.4 Å². The maximum atomic E-state index is 11.0. The second kappa shape index (κ2) is 3.56. The second-order valence-corrected chi connectivity index (χ2v) is 2.73. The summed E-state index contributed by atoms with van der Waals surface area (Å²) >= 11 is 5.61. The van der Waals surface area contributed by atoms with Crippen LogP contribution in [-0.4, -0.2) is 17.4 Å². The number of benzene rings is 1. The summed E-state index contributed by atoms with van der Waals surface area (Å²) in [6, 6.07) is 4.27. The van der Waals surface area contributed by atoms with Crippen molar-refractivity contribution in [2.75, 3.05) is 6.54 Å². The first-order valence-electron chi connectivity index (χ1n) is 3.37. The monoisotopic (exact) mass is 185 g/mol. The van der Waals surface area contributed by atoms with Gasteiger partial charge in [0.15, 0.2) is 5.78 Å². The lowest BCUT2D eigenvalue weighted by atomic mass is 10.1. The second-order valence-electron chi connectivity index (χ2n) is 2.29. The Bertz CT molecular complexity index is 312. The molecule has 0 aliphatic rings. The average molecular weight is 186 g/mol. The minimum Gasteiger partial charge on any atom is -0.507 e. The molecule has 1 aromatic carbocycles. The van der Waals surface area contributed by atoms with Crippen LogP contribution >= 0.6 is 11.6 Å². The molecule has 12 heavy (non-hydrogen) atoms. The van der Waals surface area contributed by atoms with E-state index in [0.717, 1.165) is 0 Å². The van der Waals surface area contributed by atoms with E-state index < -0.39 is 0 Å². The molecule has 0 unspecified atom stereocenters. The van der Waals surface area contributed by atoms with Gasteiger partial charge in [0, 0.05) is 5.02 Å². The lowest BCUT2D eigenvalue weighted by Gasteiger charge is -2.01. The van der Waals surface area contributed by atoms with Gasteiger partial charge >= 0.3 is 0 Å². The van der Waals surface area contributed by atoms with Gasteiger partial charge in [0.1, 0.15) is 5.75 Å². The van der Waals surface area contributed by atoms with Crippen LogP contribution < -0.4 is 5.73 Å². The van der Waals surface area contributed by atoms with Crippen molar-refractivity contribution >= 4 is 17.4 Å². The Morgan fingerprint density at radius 1 is 1.58 bits per heavy atom.